The molecular weight excluding hydrogens is 363 g/mol. The number of fused-ring (bicyclic) bond motifs is 1. The number of alkyl halides is 1. The van der Waals surface area contributed by atoms with Gasteiger partial charge in [0.05, 0.1) is 25.0 Å². The number of halogens is 1. The predicted molar refractivity (Wildman–Crippen MR) is 103 cm³/mol. The van der Waals surface area contributed by atoms with Gasteiger partial charge in [0.1, 0.15) is 34.7 Å². The molecule has 0 saturated carbocycles. The van der Waals surface area contributed by atoms with Gasteiger partial charge in [-0.3, -0.25) is 0 Å². The number of rotatable bonds is 5. The summed E-state index contributed by atoms with van der Waals surface area (Å²) in [5.74, 6) is 1.04. The van der Waals surface area contributed by atoms with Crippen LogP contribution in [-0.4, -0.2) is 57.1 Å². The van der Waals surface area contributed by atoms with Gasteiger partial charge in [-0.2, -0.15) is 5.10 Å². The fourth-order valence-corrected chi connectivity index (χ4v) is 3.29. The number of anilines is 1. The number of pyridine rings is 1. The van der Waals surface area contributed by atoms with E-state index >= 15 is 0 Å². The zero-order chi connectivity index (χ0) is 19.9. The number of imidazole rings is 1. The van der Waals surface area contributed by atoms with Crippen LogP contribution < -0.4 is 15.4 Å². The third-order valence-corrected chi connectivity index (χ3v) is 4.74. The Morgan fingerprint density at radius 2 is 2.18 bits per heavy atom. The molecule has 1 aliphatic rings. The fraction of sp³-hybridized carbons (Fsp3) is 0.421. The third kappa shape index (κ3) is 3.38. The molecule has 148 valence electrons. The maximum Gasteiger partial charge on any atom is 0.157 e. The summed E-state index contributed by atoms with van der Waals surface area (Å²) in [6.45, 7) is 4.19. The van der Waals surface area contributed by atoms with Gasteiger partial charge >= 0.3 is 0 Å². The van der Waals surface area contributed by atoms with Crippen LogP contribution in [0.3, 0.4) is 0 Å². The molecule has 4 heterocycles. The van der Waals surface area contributed by atoms with Gasteiger partial charge in [0.15, 0.2) is 5.65 Å². The number of methoxy groups -OCH3 is 1. The molecule has 0 bridgehead atoms. The normalized spacial score (nSPS) is 19.9. The molecule has 3 aromatic rings. The standard InChI is InChI=1S/C19H23FN6O2/c1-19(2,27)18-15(28-3)7-17-22-10-14(26(17)25-18)12-5-4-6-16(23-12)24-13-9-21-8-11(13)20/h4-7,10-11,13,21,27H,8-9H2,1-3H3,(H,23,24)/t11-,13-/m0/s1. The molecule has 1 saturated heterocycles. The number of nitrogens with one attached hydrogen (secondary N) is 2. The molecule has 0 aliphatic carbocycles. The minimum absolute atomic E-state index is 0.311. The molecule has 28 heavy (non-hydrogen) atoms. The van der Waals surface area contributed by atoms with Gasteiger partial charge in [-0.1, -0.05) is 6.07 Å². The summed E-state index contributed by atoms with van der Waals surface area (Å²) in [6, 6.07) is 6.90. The first-order valence-electron chi connectivity index (χ1n) is 9.11. The second-order valence-electron chi connectivity index (χ2n) is 7.37. The Kier molecular flexibility index (Phi) is 4.64. The summed E-state index contributed by atoms with van der Waals surface area (Å²) < 4.78 is 20.8. The van der Waals surface area contributed by atoms with Crippen LogP contribution in [0.5, 0.6) is 5.75 Å². The monoisotopic (exact) mass is 386 g/mol. The average molecular weight is 386 g/mol. The largest absolute Gasteiger partial charge is 0.495 e. The summed E-state index contributed by atoms with van der Waals surface area (Å²) in [5, 5.41) is 21.1. The second kappa shape index (κ2) is 6.99. The highest BCUT2D eigenvalue weighted by Crippen LogP contribution is 2.30. The highest BCUT2D eigenvalue weighted by atomic mass is 19.1. The van der Waals surface area contributed by atoms with Crippen molar-refractivity contribution >= 4 is 11.5 Å². The fourth-order valence-electron chi connectivity index (χ4n) is 3.29. The third-order valence-electron chi connectivity index (χ3n) is 4.74. The van der Waals surface area contributed by atoms with E-state index in [1.807, 2.05) is 12.1 Å². The molecule has 4 rings (SSSR count). The van der Waals surface area contributed by atoms with Crippen LogP contribution in [-0.2, 0) is 5.60 Å². The van der Waals surface area contributed by atoms with E-state index in [-0.39, 0.29) is 6.04 Å². The minimum atomic E-state index is -1.19. The molecular formula is C19H23FN6O2. The molecule has 3 aromatic heterocycles. The number of aromatic nitrogens is 4. The summed E-state index contributed by atoms with van der Waals surface area (Å²) in [5.41, 5.74) is 1.08. The topological polar surface area (TPSA) is 96.6 Å². The van der Waals surface area contributed by atoms with Gasteiger partial charge in [-0.05, 0) is 26.0 Å². The number of hydrogen-bond donors (Lipinski definition) is 3. The van der Waals surface area contributed by atoms with Crippen molar-refractivity contribution in [1.29, 1.82) is 0 Å². The Balaban J connectivity index is 1.74. The van der Waals surface area contributed by atoms with E-state index in [0.29, 0.717) is 47.4 Å². The highest BCUT2D eigenvalue weighted by Gasteiger charge is 2.27. The first kappa shape index (κ1) is 18.6. The van der Waals surface area contributed by atoms with Crippen LogP contribution in [0.25, 0.3) is 17.0 Å². The Morgan fingerprint density at radius 3 is 2.86 bits per heavy atom. The Labute approximate surface area is 161 Å². The van der Waals surface area contributed by atoms with Crippen LogP contribution in [0.1, 0.15) is 19.5 Å². The molecule has 1 aliphatic heterocycles. The van der Waals surface area contributed by atoms with Crippen molar-refractivity contribution in [3.63, 3.8) is 0 Å². The molecule has 1 fully saturated rings. The Morgan fingerprint density at radius 1 is 1.36 bits per heavy atom. The van der Waals surface area contributed by atoms with Crippen LogP contribution >= 0.6 is 0 Å². The van der Waals surface area contributed by atoms with Crippen molar-refractivity contribution < 1.29 is 14.2 Å². The smallest absolute Gasteiger partial charge is 0.157 e. The van der Waals surface area contributed by atoms with E-state index in [9.17, 15) is 9.50 Å². The summed E-state index contributed by atoms with van der Waals surface area (Å²) >= 11 is 0. The second-order valence-corrected chi connectivity index (χ2v) is 7.37. The van der Waals surface area contributed by atoms with Crippen molar-refractivity contribution in [3.8, 4) is 17.1 Å². The molecule has 0 aromatic carbocycles. The maximum absolute atomic E-state index is 13.9. The molecule has 3 N–H and O–H groups in total. The summed E-state index contributed by atoms with van der Waals surface area (Å²) in [6.07, 6.45) is 0.710. The lowest BCUT2D eigenvalue weighted by molar-refractivity contribution is 0.0694. The number of ether oxygens (including phenoxy) is 1. The Hall–Kier alpha value is -2.78. The van der Waals surface area contributed by atoms with E-state index in [2.05, 4.69) is 25.7 Å². The van der Waals surface area contributed by atoms with Crippen molar-refractivity contribution in [1.82, 2.24) is 24.9 Å². The van der Waals surface area contributed by atoms with Crippen LogP contribution in [0.4, 0.5) is 10.2 Å². The van der Waals surface area contributed by atoms with E-state index < -0.39 is 11.8 Å². The zero-order valence-corrected chi connectivity index (χ0v) is 16.0. The van der Waals surface area contributed by atoms with Crippen LogP contribution in [0, 0.1) is 0 Å². The van der Waals surface area contributed by atoms with Gasteiger partial charge in [0, 0.05) is 19.2 Å². The van der Waals surface area contributed by atoms with Crippen molar-refractivity contribution in [3.05, 3.63) is 36.2 Å². The van der Waals surface area contributed by atoms with Gasteiger partial charge in [-0.25, -0.2) is 18.9 Å². The highest BCUT2D eigenvalue weighted by molar-refractivity contribution is 5.62. The van der Waals surface area contributed by atoms with Crippen molar-refractivity contribution in [2.24, 2.45) is 0 Å². The Bertz CT molecular complexity index is 1000. The molecule has 2 atom stereocenters. The van der Waals surface area contributed by atoms with Gasteiger partial charge in [-0.15, -0.1) is 0 Å². The summed E-state index contributed by atoms with van der Waals surface area (Å²) in [7, 11) is 1.53. The van der Waals surface area contributed by atoms with E-state index in [4.69, 9.17) is 4.74 Å². The summed E-state index contributed by atoms with van der Waals surface area (Å²) in [4.78, 5) is 8.98. The first-order valence-corrected chi connectivity index (χ1v) is 9.11. The van der Waals surface area contributed by atoms with Crippen molar-refractivity contribution in [2.45, 2.75) is 31.7 Å². The quantitative estimate of drug-likeness (QED) is 0.615. The van der Waals surface area contributed by atoms with Gasteiger partial charge in [0.2, 0.25) is 0 Å². The number of hydrogen-bond acceptors (Lipinski definition) is 7. The first-order chi connectivity index (χ1) is 13.4. The zero-order valence-electron chi connectivity index (χ0n) is 16.0. The molecule has 0 amide bonds. The van der Waals surface area contributed by atoms with E-state index in [0.717, 1.165) is 0 Å². The lowest BCUT2D eigenvalue weighted by atomic mass is 10.0. The van der Waals surface area contributed by atoms with Crippen molar-refractivity contribution in [2.75, 3.05) is 25.5 Å². The van der Waals surface area contributed by atoms with Crippen LogP contribution in [0.2, 0.25) is 0 Å². The van der Waals surface area contributed by atoms with Crippen LogP contribution in [0.15, 0.2) is 30.5 Å². The molecule has 0 radical (unpaired) electrons. The number of aliphatic hydroxyl groups is 1. The lowest BCUT2D eigenvalue weighted by Gasteiger charge is -2.19. The lowest BCUT2D eigenvalue weighted by Crippen LogP contribution is -2.29. The molecule has 0 spiro atoms. The number of nitrogens with zero attached hydrogens (tertiary/aromatic N) is 4. The molecule has 9 heteroatoms. The molecule has 0 unspecified atom stereocenters. The predicted octanol–water partition coefficient (Wildman–Crippen LogP) is 1.75. The minimum Gasteiger partial charge on any atom is -0.495 e. The van der Waals surface area contributed by atoms with E-state index in [1.165, 1.54) is 7.11 Å². The SMILES string of the molecule is COc1cc2ncc(-c3cccc(N[C@H]4CNC[C@@H]4F)n3)n2nc1C(C)(C)O. The molecule has 8 nitrogen and oxygen atoms in total. The van der Waals surface area contributed by atoms with E-state index in [1.54, 1.807) is 36.7 Å². The van der Waals surface area contributed by atoms with Gasteiger partial charge in [0.25, 0.3) is 0 Å². The average Bonchev–Trinajstić information content (AvgIpc) is 3.26. The maximum atomic E-state index is 13.9. The van der Waals surface area contributed by atoms with Gasteiger partial charge < -0.3 is 20.5 Å².